The lowest BCUT2D eigenvalue weighted by atomic mass is 10.1. The first-order valence-corrected chi connectivity index (χ1v) is 9.89. The molecule has 0 atom stereocenters. The molecular weight excluding hydrogens is 386 g/mol. The van der Waals surface area contributed by atoms with Crippen molar-refractivity contribution in [1.82, 2.24) is 15.3 Å². The maximum absolute atomic E-state index is 12.6. The normalized spacial score (nSPS) is 12.8. The van der Waals surface area contributed by atoms with E-state index in [2.05, 4.69) is 32.4 Å². The number of nitrogens with one attached hydrogen (secondary N) is 2. The lowest BCUT2D eigenvalue weighted by Gasteiger charge is -2.32. The first-order valence-electron chi connectivity index (χ1n) is 9.51. The Labute approximate surface area is 174 Å². The molecular formula is C22H22ClN5O. The number of aromatic nitrogens is 2. The highest BCUT2D eigenvalue weighted by Gasteiger charge is 2.20. The number of rotatable bonds is 5. The number of anilines is 2. The molecule has 0 saturated heterocycles. The SMILES string of the molecule is Cc1ccc(Cl)cc1CN1CCNc2ncc(C(=O)NCc3cccnc3)cc21. The van der Waals surface area contributed by atoms with Gasteiger partial charge in [-0.2, -0.15) is 0 Å². The fourth-order valence-electron chi connectivity index (χ4n) is 3.35. The van der Waals surface area contributed by atoms with E-state index in [1.807, 2.05) is 36.4 Å². The third-order valence-corrected chi connectivity index (χ3v) is 5.23. The third kappa shape index (κ3) is 4.49. The fourth-order valence-corrected chi connectivity index (χ4v) is 3.55. The first kappa shape index (κ1) is 19.2. The van der Waals surface area contributed by atoms with E-state index in [1.165, 1.54) is 5.56 Å². The van der Waals surface area contributed by atoms with Crippen LogP contribution in [0, 0.1) is 6.92 Å². The number of halogens is 1. The van der Waals surface area contributed by atoms with Gasteiger partial charge >= 0.3 is 0 Å². The Hall–Kier alpha value is -3.12. The Morgan fingerprint density at radius 2 is 2.17 bits per heavy atom. The summed E-state index contributed by atoms with van der Waals surface area (Å²) in [5.41, 5.74) is 4.75. The number of carbonyl (C=O) groups is 1. The number of hydrogen-bond donors (Lipinski definition) is 2. The lowest BCUT2D eigenvalue weighted by Crippen LogP contribution is -2.34. The van der Waals surface area contributed by atoms with E-state index >= 15 is 0 Å². The molecule has 3 aromatic rings. The smallest absolute Gasteiger partial charge is 0.253 e. The second kappa shape index (κ2) is 8.49. The topological polar surface area (TPSA) is 70.2 Å². The molecule has 1 aliphatic rings. The first-order chi connectivity index (χ1) is 14.1. The average molecular weight is 408 g/mol. The maximum Gasteiger partial charge on any atom is 0.253 e. The fraction of sp³-hybridized carbons (Fsp3) is 0.227. The Bertz CT molecular complexity index is 1020. The monoisotopic (exact) mass is 407 g/mol. The Morgan fingerprint density at radius 3 is 3.00 bits per heavy atom. The van der Waals surface area contributed by atoms with Crippen molar-refractivity contribution in [3.05, 3.63) is 82.3 Å². The molecule has 0 unspecified atom stereocenters. The van der Waals surface area contributed by atoms with Crippen LogP contribution in [0.2, 0.25) is 5.02 Å². The predicted molar refractivity (Wildman–Crippen MR) is 115 cm³/mol. The summed E-state index contributed by atoms with van der Waals surface area (Å²) < 4.78 is 0. The number of nitrogens with zero attached hydrogens (tertiary/aromatic N) is 3. The van der Waals surface area contributed by atoms with Crippen LogP contribution in [0.25, 0.3) is 0 Å². The molecule has 0 saturated carbocycles. The number of fused-ring (bicyclic) bond motifs is 1. The zero-order valence-electron chi connectivity index (χ0n) is 16.2. The van der Waals surface area contributed by atoms with Gasteiger partial charge in [-0.3, -0.25) is 9.78 Å². The summed E-state index contributed by atoms with van der Waals surface area (Å²) in [5, 5.41) is 6.96. The summed E-state index contributed by atoms with van der Waals surface area (Å²) in [6.07, 6.45) is 5.06. The van der Waals surface area contributed by atoms with Gasteiger partial charge in [-0.25, -0.2) is 4.98 Å². The van der Waals surface area contributed by atoms with Crippen molar-refractivity contribution >= 4 is 29.0 Å². The summed E-state index contributed by atoms with van der Waals surface area (Å²) in [5.74, 6) is 0.633. The molecule has 7 heteroatoms. The van der Waals surface area contributed by atoms with Gasteiger partial charge in [0, 0.05) is 49.8 Å². The molecule has 0 fully saturated rings. The molecule has 6 nitrogen and oxygen atoms in total. The number of hydrogen-bond acceptors (Lipinski definition) is 5. The van der Waals surface area contributed by atoms with Crippen LogP contribution >= 0.6 is 11.6 Å². The van der Waals surface area contributed by atoms with E-state index < -0.39 is 0 Å². The van der Waals surface area contributed by atoms with Gasteiger partial charge in [-0.05, 0) is 47.9 Å². The van der Waals surface area contributed by atoms with Crippen molar-refractivity contribution in [1.29, 1.82) is 0 Å². The minimum atomic E-state index is -0.159. The van der Waals surface area contributed by atoms with Crippen LogP contribution in [-0.2, 0) is 13.1 Å². The summed E-state index contributed by atoms with van der Waals surface area (Å²) in [6.45, 7) is 4.83. The van der Waals surface area contributed by atoms with Crippen molar-refractivity contribution < 1.29 is 4.79 Å². The zero-order chi connectivity index (χ0) is 20.2. The number of carbonyl (C=O) groups excluding carboxylic acids is 1. The second-order valence-electron chi connectivity index (χ2n) is 7.05. The lowest BCUT2D eigenvalue weighted by molar-refractivity contribution is 0.0950. The minimum Gasteiger partial charge on any atom is -0.367 e. The largest absolute Gasteiger partial charge is 0.367 e. The molecule has 0 spiro atoms. The Balaban J connectivity index is 1.53. The average Bonchev–Trinajstić information content (AvgIpc) is 2.75. The van der Waals surface area contributed by atoms with Crippen LogP contribution in [-0.4, -0.2) is 29.0 Å². The van der Waals surface area contributed by atoms with Gasteiger partial charge in [0.1, 0.15) is 5.82 Å². The molecule has 0 radical (unpaired) electrons. The summed E-state index contributed by atoms with van der Waals surface area (Å²) in [7, 11) is 0. The van der Waals surface area contributed by atoms with Gasteiger partial charge < -0.3 is 15.5 Å². The van der Waals surface area contributed by atoms with Gasteiger partial charge in [0.25, 0.3) is 5.91 Å². The summed E-state index contributed by atoms with van der Waals surface area (Å²) in [6, 6.07) is 11.6. The zero-order valence-corrected chi connectivity index (χ0v) is 16.9. The van der Waals surface area contributed by atoms with Gasteiger partial charge in [-0.1, -0.05) is 23.7 Å². The number of pyridine rings is 2. The highest BCUT2D eigenvalue weighted by atomic mass is 35.5. The number of benzene rings is 1. The van der Waals surface area contributed by atoms with Crippen LogP contribution in [0.5, 0.6) is 0 Å². The van der Waals surface area contributed by atoms with Crippen molar-refractivity contribution in [2.24, 2.45) is 0 Å². The van der Waals surface area contributed by atoms with E-state index in [0.717, 1.165) is 40.7 Å². The molecule has 29 heavy (non-hydrogen) atoms. The number of aryl methyl sites for hydroxylation is 1. The van der Waals surface area contributed by atoms with Crippen molar-refractivity contribution in [3.63, 3.8) is 0 Å². The van der Waals surface area contributed by atoms with E-state index in [-0.39, 0.29) is 5.91 Å². The molecule has 1 amide bonds. The summed E-state index contributed by atoms with van der Waals surface area (Å²) >= 11 is 6.19. The highest BCUT2D eigenvalue weighted by Crippen LogP contribution is 2.30. The van der Waals surface area contributed by atoms with Gasteiger partial charge in [0.05, 0.1) is 11.3 Å². The summed E-state index contributed by atoms with van der Waals surface area (Å²) in [4.78, 5) is 23.4. The Morgan fingerprint density at radius 1 is 1.28 bits per heavy atom. The predicted octanol–water partition coefficient (Wildman–Crippen LogP) is 3.80. The van der Waals surface area contributed by atoms with Gasteiger partial charge in [0.2, 0.25) is 0 Å². The molecule has 4 rings (SSSR count). The van der Waals surface area contributed by atoms with Crippen LogP contribution in [0.1, 0.15) is 27.0 Å². The number of amides is 1. The van der Waals surface area contributed by atoms with Gasteiger partial charge in [0.15, 0.2) is 0 Å². The minimum absolute atomic E-state index is 0.159. The van der Waals surface area contributed by atoms with Crippen LogP contribution < -0.4 is 15.5 Å². The van der Waals surface area contributed by atoms with E-state index in [9.17, 15) is 4.79 Å². The Kier molecular flexibility index (Phi) is 5.62. The van der Waals surface area contributed by atoms with Crippen LogP contribution in [0.15, 0.2) is 55.0 Å². The molecule has 1 aliphatic heterocycles. The molecule has 148 valence electrons. The molecule has 2 N–H and O–H groups in total. The van der Waals surface area contributed by atoms with Crippen LogP contribution in [0.3, 0.4) is 0 Å². The van der Waals surface area contributed by atoms with Crippen LogP contribution in [0.4, 0.5) is 11.5 Å². The highest BCUT2D eigenvalue weighted by molar-refractivity contribution is 6.30. The molecule has 0 aliphatic carbocycles. The van der Waals surface area contributed by atoms with E-state index in [0.29, 0.717) is 18.7 Å². The van der Waals surface area contributed by atoms with Crippen molar-refractivity contribution in [2.75, 3.05) is 23.3 Å². The molecule has 2 aromatic heterocycles. The van der Waals surface area contributed by atoms with E-state index in [1.54, 1.807) is 18.6 Å². The standard InChI is InChI=1S/C22H22ClN5O/c1-15-4-5-19(23)9-18(15)14-28-8-7-25-21-20(28)10-17(13-26-21)22(29)27-12-16-3-2-6-24-11-16/h2-6,9-11,13H,7-8,12,14H2,1H3,(H,25,26)(H,27,29). The molecule has 3 heterocycles. The quantitative estimate of drug-likeness (QED) is 0.673. The second-order valence-corrected chi connectivity index (χ2v) is 7.49. The maximum atomic E-state index is 12.6. The molecule has 0 bridgehead atoms. The van der Waals surface area contributed by atoms with Crippen molar-refractivity contribution in [2.45, 2.75) is 20.0 Å². The third-order valence-electron chi connectivity index (χ3n) is 4.99. The van der Waals surface area contributed by atoms with Gasteiger partial charge in [-0.15, -0.1) is 0 Å². The van der Waals surface area contributed by atoms with E-state index in [4.69, 9.17) is 11.6 Å². The van der Waals surface area contributed by atoms with Crippen molar-refractivity contribution in [3.8, 4) is 0 Å². The molecule has 1 aromatic carbocycles.